The molecule has 2 saturated heterocycles. The maximum absolute atomic E-state index is 12.8. The number of carbonyl (C=O) groups is 1. The Balaban J connectivity index is 1.29. The SMILES string of the molecule is O=C(NCCC1CCNCC1)O[C@@H]1[C@@H](O)CN[C@@H]1Cc1ccc(-c2ccc(C(F)(F)F)cc2)cc1. The third-order valence-corrected chi connectivity index (χ3v) is 6.84. The molecule has 0 aliphatic carbocycles. The van der Waals surface area contributed by atoms with E-state index in [-0.39, 0.29) is 6.04 Å². The minimum Gasteiger partial charge on any atom is -0.442 e. The zero-order valence-corrected chi connectivity index (χ0v) is 19.5. The topological polar surface area (TPSA) is 82.6 Å². The molecule has 0 unspecified atom stereocenters. The van der Waals surface area contributed by atoms with Crippen molar-refractivity contribution < 1.29 is 27.8 Å². The Morgan fingerprint density at radius 1 is 1.03 bits per heavy atom. The zero-order valence-electron chi connectivity index (χ0n) is 19.5. The molecule has 4 N–H and O–H groups in total. The lowest BCUT2D eigenvalue weighted by Crippen LogP contribution is -2.42. The molecule has 2 aromatic rings. The highest BCUT2D eigenvalue weighted by Crippen LogP contribution is 2.31. The maximum atomic E-state index is 12.8. The van der Waals surface area contributed by atoms with Crippen LogP contribution in [-0.2, 0) is 17.3 Å². The van der Waals surface area contributed by atoms with Crippen LogP contribution >= 0.6 is 0 Å². The number of nitrogens with one attached hydrogen (secondary N) is 3. The number of aliphatic hydroxyl groups is 1. The number of rotatable bonds is 7. The number of carbonyl (C=O) groups excluding carboxylic acids is 1. The van der Waals surface area contributed by atoms with Gasteiger partial charge in [0.05, 0.1) is 11.6 Å². The molecule has 1 amide bonds. The summed E-state index contributed by atoms with van der Waals surface area (Å²) in [4.78, 5) is 12.3. The van der Waals surface area contributed by atoms with E-state index in [0.717, 1.165) is 55.6 Å². The van der Waals surface area contributed by atoms with Crippen LogP contribution in [0.4, 0.5) is 18.0 Å². The standard InChI is InChI=1S/C26H32F3N3O3/c27-26(28,29)21-7-5-20(6-8-21)19-3-1-18(2-4-19)15-22-24(23(33)16-32-22)35-25(34)31-14-11-17-9-12-30-13-10-17/h1-8,17,22-24,30,32-33H,9-16H2,(H,31,34)/t22-,23+,24+/m1/s1. The van der Waals surface area contributed by atoms with Crippen LogP contribution in [0.2, 0.25) is 0 Å². The Labute approximate surface area is 203 Å². The first-order valence-corrected chi connectivity index (χ1v) is 12.1. The van der Waals surface area contributed by atoms with Crippen LogP contribution in [0.25, 0.3) is 11.1 Å². The van der Waals surface area contributed by atoms with Gasteiger partial charge in [0.2, 0.25) is 0 Å². The Morgan fingerprint density at radius 3 is 2.29 bits per heavy atom. The van der Waals surface area contributed by atoms with Crippen LogP contribution < -0.4 is 16.0 Å². The van der Waals surface area contributed by atoms with Gasteiger partial charge in [-0.15, -0.1) is 0 Å². The van der Waals surface area contributed by atoms with Crippen molar-refractivity contribution in [2.45, 2.75) is 50.1 Å². The Bertz CT molecular complexity index is 961. The van der Waals surface area contributed by atoms with E-state index in [1.807, 2.05) is 24.3 Å². The smallest absolute Gasteiger partial charge is 0.416 e. The summed E-state index contributed by atoms with van der Waals surface area (Å²) in [5.74, 6) is 0.605. The molecule has 2 fully saturated rings. The molecule has 2 aromatic carbocycles. The molecular formula is C26H32F3N3O3. The van der Waals surface area contributed by atoms with Crippen molar-refractivity contribution in [1.29, 1.82) is 0 Å². The number of ether oxygens (including phenoxy) is 1. The molecular weight excluding hydrogens is 459 g/mol. The normalized spacial score (nSPS) is 23.3. The van der Waals surface area contributed by atoms with E-state index < -0.39 is 30.0 Å². The number of halogens is 3. The van der Waals surface area contributed by atoms with Crippen LogP contribution in [-0.4, -0.2) is 55.6 Å². The average Bonchev–Trinajstić information content (AvgIpc) is 3.18. The number of aliphatic hydroxyl groups excluding tert-OH is 1. The minimum absolute atomic E-state index is 0.239. The number of piperidine rings is 1. The summed E-state index contributed by atoms with van der Waals surface area (Å²) in [6.45, 7) is 2.92. The second kappa shape index (κ2) is 11.4. The highest BCUT2D eigenvalue weighted by atomic mass is 19.4. The van der Waals surface area contributed by atoms with E-state index in [2.05, 4.69) is 16.0 Å². The van der Waals surface area contributed by atoms with Gasteiger partial charge in [0.15, 0.2) is 0 Å². The van der Waals surface area contributed by atoms with E-state index >= 15 is 0 Å². The van der Waals surface area contributed by atoms with Gasteiger partial charge in [0, 0.05) is 13.1 Å². The lowest BCUT2D eigenvalue weighted by molar-refractivity contribution is -0.137. The lowest BCUT2D eigenvalue weighted by atomic mass is 9.95. The largest absolute Gasteiger partial charge is 0.442 e. The second-order valence-corrected chi connectivity index (χ2v) is 9.34. The van der Waals surface area contributed by atoms with E-state index in [1.165, 1.54) is 12.1 Å². The predicted octanol–water partition coefficient (Wildman–Crippen LogP) is 3.73. The van der Waals surface area contributed by atoms with Crippen LogP contribution in [0.3, 0.4) is 0 Å². The number of benzene rings is 2. The van der Waals surface area contributed by atoms with Crippen LogP contribution in [0, 0.1) is 5.92 Å². The van der Waals surface area contributed by atoms with E-state index in [4.69, 9.17) is 4.74 Å². The Kier molecular flexibility index (Phi) is 8.30. The molecule has 4 rings (SSSR count). The van der Waals surface area contributed by atoms with E-state index in [1.54, 1.807) is 0 Å². The van der Waals surface area contributed by atoms with Gasteiger partial charge in [0.1, 0.15) is 12.2 Å². The van der Waals surface area contributed by atoms with E-state index in [0.29, 0.717) is 31.0 Å². The second-order valence-electron chi connectivity index (χ2n) is 9.34. The number of alkyl carbamates (subject to hydrolysis) is 1. The van der Waals surface area contributed by atoms with Gasteiger partial charge in [-0.2, -0.15) is 13.2 Å². The summed E-state index contributed by atoms with van der Waals surface area (Å²) < 4.78 is 43.9. The fourth-order valence-electron chi connectivity index (χ4n) is 4.77. The van der Waals surface area contributed by atoms with Crippen molar-refractivity contribution in [3.8, 4) is 11.1 Å². The molecule has 190 valence electrons. The molecule has 0 spiro atoms. The van der Waals surface area contributed by atoms with Crippen molar-refractivity contribution in [2.75, 3.05) is 26.2 Å². The molecule has 9 heteroatoms. The van der Waals surface area contributed by atoms with Crippen LogP contribution in [0.5, 0.6) is 0 Å². The molecule has 0 radical (unpaired) electrons. The molecule has 2 aliphatic rings. The lowest BCUT2D eigenvalue weighted by Gasteiger charge is -2.24. The third kappa shape index (κ3) is 6.96. The van der Waals surface area contributed by atoms with Gasteiger partial charge in [0.25, 0.3) is 0 Å². The summed E-state index contributed by atoms with van der Waals surface area (Å²) in [7, 11) is 0. The van der Waals surface area contributed by atoms with Crippen molar-refractivity contribution >= 4 is 6.09 Å². The summed E-state index contributed by atoms with van der Waals surface area (Å²) in [5.41, 5.74) is 1.79. The molecule has 6 nitrogen and oxygen atoms in total. The molecule has 0 saturated carbocycles. The number of β-amino-alcohol motifs (C(OH)–C–C–N with tert-alkyl or cyclic N) is 1. The summed E-state index contributed by atoms with van der Waals surface area (Å²) >= 11 is 0. The monoisotopic (exact) mass is 491 g/mol. The van der Waals surface area contributed by atoms with Crippen molar-refractivity contribution in [1.82, 2.24) is 16.0 Å². The molecule has 35 heavy (non-hydrogen) atoms. The average molecular weight is 492 g/mol. The first-order valence-electron chi connectivity index (χ1n) is 12.1. The van der Waals surface area contributed by atoms with Crippen molar-refractivity contribution in [2.24, 2.45) is 5.92 Å². The Morgan fingerprint density at radius 2 is 1.66 bits per heavy atom. The number of hydrogen-bond acceptors (Lipinski definition) is 5. The first kappa shape index (κ1) is 25.5. The summed E-state index contributed by atoms with van der Waals surface area (Å²) in [6.07, 6.45) is -2.65. The zero-order chi connectivity index (χ0) is 24.8. The fourth-order valence-corrected chi connectivity index (χ4v) is 4.77. The number of alkyl halides is 3. The quantitative estimate of drug-likeness (QED) is 0.475. The highest BCUT2D eigenvalue weighted by Gasteiger charge is 2.37. The van der Waals surface area contributed by atoms with Crippen molar-refractivity contribution in [3.05, 3.63) is 59.7 Å². The Hall–Kier alpha value is -2.62. The highest BCUT2D eigenvalue weighted by molar-refractivity contribution is 5.67. The van der Waals surface area contributed by atoms with Gasteiger partial charge in [-0.25, -0.2) is 4.79 Å². The van der Waals surface area contributed by atoms with Gasteiger partial charge in [-0.05, 0) is 73.5 Å². The molecule has 3 atom stereocenters. The summed E-state index contributed by atoms with van der Waals surface area (Å²) in [6, 6.07) is 12.3. The van der Waals surface area contributed by atoms with Gasteiger partial charge in [-0.3, -0.25) is 0 Å². The first-order chi connectivity index (χ1) is 16.8. The van der Waals surface area contributed by atoms with Crippen LogP contribution in [0.15, 0.2) is 48.5 Å². The fraction of sp³-hybridized carbons (Fsp3) is 0.500. The third-order valence-electron chi connectivity index (χ3n) is 6.84. The molecule has 2 aliphatic heterocycles. The van der Waals surface area contributed by atoms with Gasteiger partial charge in [-0.1, -0.05) is 36.4 Å². The number of amides is 1. The predicted molar refractivity (Wildman–Crippen MR) is 127 cm³/mol. The molecule has 0 aromatic heterocycles. The van der Waals surface area contributed by atoms with E-state index in [9.17, 15) is 23.1 Å². The van der Waals surface area contributed by atoms with Crippen LogP contribution in [0.1, 0.15) is 30.4 Å². The van der Waals surface area contributed by atoms with Crippen molar-refractivity contribution in [3.63, 3.8) is 0 Å². The minimum atomic E-state index is -4.36. The summed E-state index contributed by atoms with van der Waals surface area (Å²) in [5, 5.41) is 19.7. The maximum Gasteiger partial charge on any atom is 0.416 e. The molecule has 0 bridgehead atoms. The molecule has 2 heterocycles. The van der Waals surface area contributed by atoms with Gasteiger partial charge >= 0.3 is 12.3 Å². The van der Waals surface area contributed by atoms with Gasteiger partial charge < -0.3 is 25.8 Å². The number of hydrogen-bond donors (Lipinski definition) is 4.